The summed E-state index contributed by atoms with van der Waals surface area (Å²) < 4.78 is 17.3. The van der Waals surface area contributed by atoms with E-state index in [2.05, 4.69) is 46.9 Å². The van der Waals surface area contributed by atoms with Gasteiger partial charge in [-0.1, -0.05) is 59.9 Å². The SMILES string of the molecule is O=c1/c(=C/c2cccc(I)c2)sc2n1[C@@H](c1ccc(F)cc1)C1=C(N=2)c2ccccc2CC1. The lowest BCUT2D eigenvalue weighted by Gasteiger charge is -2.30. The van der Waals surface area contributed by atoms with E-state index in [0.29, 0.717) is 9.33 Å². The Hall–Kier alpha value is -2.84. The number of thiazole rings is 1. The van der Waals surface area contributed by atoms with Gasteiger partial charge in [0.25, 0.3) is 5.56 Å². The standard InChI is InChI=1S/C27H18FIN2OS/c28-19-11-8-18(9-12-19)25-22-13-10-17-5-1-2-7-21(17)24(22)30-27-31(25)26(32)23(33-27)15-16-4-3-6-20(29)14-16/h1-9,11-12,14-15,25H,10,13H2/b23-15-/t25-/m0/s1. The molecule has 2 heterocycles. The molecule has 0 bridgehead atoms. The minimum atomic E-state index is -0.289. The molecule has 1 aromatic heterocycles. The number of nitrogens with zero attached hydrogens (tertiary/aromatic N) is 2. The van der Waals surface area contributed by atoms with Crippen molar-refractivity contribution >= 4 is 45.7 Å². The van der Waals surface area contributed by atoms with Crippen LogP contribution in [0.15, 0.2) is 88.2 Å². The molecule has 1 aliphatic carbocycles. The van der Waals surface area contributed by atoms with Crippen LogP contribution < -0.4 is 14.9 Å². The number of benzene rings is 3. The van der Waals surface area contributed by atoms with Gasteiger partial charge in [0.1, 0.15) is 5.82 Å². The molecule has 0 spiro atoms. The van der Waals surface area contributed by atoms with Gasteiger partial charge >= 0.3 is 0 Å². The summed E-state index contributed by atoms with van der Waals surface area (Å²) in [7, 11) is 0. The van der Waals surface area contributed by atoms with E-state index < -0.39 is 0 Å². The molecular weight excluding hydrogens is 546 g/mol. The molecule has 162 valence electrons. The molecule has 0 radical (unpaired) electrons. The largest absolute Gasteiger partial charge is 0.272 e. The first kappa shape index (κ1) is 20.7. The first-order chi connectivity index (χ1) is 16.1. The lowest BCUT2D eigenvalue weighted by Crippen LogP contribution is -2.38. The predicted octanol–water partition coefficient (Wildman–Crippen LogP) is 5.06. The number of aryl methyl sites for hydroxylation is 1. The van der Waals surface area contributed by atoms with Crippen molar-refractivity contribution in [1.29, 1.82) is 0 Å². The normalized spacial score (nSPS) is 17.3. The first-order valence-corrected chi connectivity index (χ1v) is 12.6. The third kappa shape index (κ3) is 3.61. The topological polar surface area (TPSA) is 34.4 Å². The van der Waals surface area contributed by atoms with E-state index in [9.17, 15) is 9.18 Å². The van der Waals surface area contributed by atoms with Gasteiger partial charge in [0.15, 0.2) is 4.80 Å². The highest BCUT2D eigenvalue weighted by Gasteiger charge is 2.32. The zero-order valence-electron chi connectivity index (χ0n) is 17.5. The van der Waals surface area contributed by atoms with Crippen LogP contribution in [-0.4, -0.2) is 4.57 Å². The molecular formula is C27H18FIN2OS. The molecule has 1 aliphatic heterocycles. The van der Waals surface area contributed by atoms with Crippen molar-refractivity contribution in [1.82, 2.24) is 4.57 Å². The number of hydrogen-bond donors (Lipinski definition) is 0. The fraction of sp³-hybridized carbons (Fsp3) is 0.111. The summed E-state index contributed by atoms with van der Waals surface area (Å²) in [6, 6.07) is 22.6. The molecule has 6 rings (SSSR count). The van der Waals surface area contributed by atoms with E-state index in [1.165, 1.54) is 29.0 Å². The minimum absolute atomic E-state index is 0.0580. The van der Waals surface area contributed by atoms with Crippen LogP contribution in [0.2, 0.25) is 0 Å². The molecule has 33 heavy (non-hydrogen) atoms. The lowest BCUT2D eigenvalue weighted by molar-refractivity contribution is 0.581. The number of aromatic nitrogens is 1. The Labute approximate surface area is 207 Å². The Morgan fingerprint density at radius 2 is 1.85 bits per heavy atom. The van der Waals surface area contributed by atoms with Crippen LogP contribution in [0.4, 0.5) is 4.39 Å². The molecule has 0 N–H and O–H groups in total. The predicted molar refractivity (Wildman–Crippen MR) is 138 cm³/mol. The summed E-state index contributed by atoms with van der Waals surface area (Å²) in [6.07, 6.45) is 3.65. The Balaban J connectivity index is 1.63. The minimum Gasteiger partial charge on any atom is -0.272 e. The highest BCUT2D eigenvalue weighted by molar-refractivity contribution is 14.1. The maximum absolute atomic E-state index is 13.7. The van der Waals surface area contributed by atoms with Crippen LogP contribution in [0.3, 0.4) is 0 Å². The van der Waals surface area contributed by atoms with Gasteiger partial charge in [-0.05, 0) is 88.0 Å². The Bertz CT molecular complexity index is 1620. The van der Waals surface area contributed by atoms with Gasteiger partial charge in [-0.25, -0.2) is 9.38 Å². The molecule has 0 amide bonds. The Kier molecular flexibility index (Phi) is 5.14. The van der Waals surface area contributed by atoms with Gasteiger partial charge in [0.2, 0.25) is 0 Å². The molecule has 6 heteroatoms. The van der Waals surface area contributed by atoms with Crippen molar-refractivity contribution in [2.45, 2.75) is 18.9 Å². The highest BCUT2D eigenvalue weighted by atomic mass is 127. The monoisotopic (exact) mass is 564 g/mol. The summed E-state index contributed by atoms with van der Waals surface area (Å²) in [5.74, 6) is -0.284. The van der Waals surface area contributed by atoms with Gasteiger partial charge < -0.3 is 0 Å². The molecule has 1 atom stereocenters. The zero-order chi connectivity index (χ0) is 22.5. The van der Waals surface area contributed by atoms with Crippen molar-refractivity contribution in [3.05, 3.63) is 130 Å². The van der Waals surface area contributed by atoms with Crippen molar-refractivity contribution in [3.63, 3.8) is 0 Å². The fourth-order valence-electron chi connectivity index (χ4n) is 4.72. The van der Waals surface area contributed by atoms with Gasteiger partial charge in [-0.3, -0.25) is 9.36 Å². The molecule has 0 fully saturated rings. The molecule has 3 nitrogen and oxygen atoms in total. The summed E-state index contributed by atoms with van der Waals surface area (Å²) in [5, 5.41) is 0. The van der Waals surface area contributed by atoms with E-state index >= 15 is 0 Å². The van der Waals surface area contributed by atoms with Crippen LogP contribution in [0, 0.1) is 9.39 Å². The van der Waals surface area contributed by atoms with E-state index in [1.807, 2.05) is 30.3 Å². The third-order valence-corrected chi connectivity index (χ3v) is 7.86. The zero-order valence-corrected chi connectivity index (χ0v) is 20.4. The van der Waals surface area contributed by atoms with Gasteiger partial charge in [-0.2, -0.15) is 0 Å². The summed E-state index contributed by atoms with van der Waals surface area (Å²) in [6.45, 7) is 0. The molecule has 4 aromatic rings. The van der Waals surface area contributed by atoms with E-state index in [-0.39, 0.29) is 17.4 Å². The number of allylic oxidation sites excluding steroid dienone is 1. The van der Waals surface area contributed by atoms with E-state index in [0.717, 1.165) is 44.4 Å². The Morgan fingerprint density at radius 3 is 2.67 bits per heavy atom. The van der Waals surface area contributed by atoms with Crippen LogP contribution in [-0.2, 0) is 6.42 Å². The van der Waals surface area contributed by atoms with E-state index in [4.69, 9.17) is 4.99 Å². The van der Waals surface area contributed by atoms with Gasteiger partial charge in [0, 0.05) is 9.13 Å². The van der Waals surface area contributed by atoms with Crippen molar-refractivity contribution < 1.29 is 4.39 Å². The average molecular weight is 564 g/mol. The number of rotatable bonds is 2. The number of fused-ring (bicyclic) bond motifs is 3. The lowest BCUT2D eigenvalue weighted by atomic mass is 9.83. The summed E-state index contributed by atoms with van der Waals surface area (Å²) >= 11 is 3.69. The maximum Gasteiger partial charge on any atom is 0.271 e. The molecule has 0 unspecified atom stereocenters. The second kappa shape index (κ2) is 8.18. The maximum atomic E-state index is 13.7. The van der Waals surface area contributed by atoms with Gasteiger partial charge in [-0.15, -0.1) is 0 Å². The van der Waals surface area contributed by atoms with Crippen molar-refractivity contribution in [3.8, 4) is 0 Å². The van der Waals surface area contributed by atoms with E-state index in [1.54, 1.807) is 16.7 Å². The second-order valence-electron chi connectivity index (χ2n) is 8.22. The summed E-state index contributed by atoms with van der Waals surface area (Å²) in [4.78, 5) is 19.3. The third-order valence-electron chi connectivity index (χ3n) is 6.21. The average Bonchev–Trinajstić information content (AvgIpc) is 3.13. The van der Waals surface area contributed by atoms with Gasteiger partial charge in [0.05, 0.1) is 16.3 Å². The molecule has 3 aromatic carbocycles. The van der Waals surface area contributed by atoms with Crippen LogP contribution in [0.25, 0.3) is 11.8 Å². The number of hydrogen-bond acceptors (Lipinski definition) is 3. The van der Waals surface area contributed by atoms with Crippen molar-refractivity contribution in [2.75, 3.05) is 0 Å². The smallest absolute Gasteiger partial charge is 0.271 e. The summed E-state index contributed by atoms with van der Waals surface area (Å²) in [5.41, 5.74) is 6.30. The van der Waals surface area contributed by atoms with Crippen LogP contribution in [0.5, 0.6) is 0 Å². The fourth-order valence-corrected chi connectivity index (χ4v) is 6.28. The van der Waals surface area contributed by atoms with Crippen LogP contribution in [0.1, 0.15) is 34.7 Å². The molecule has 0 saturated heterocycles. The first-order valence-electron chi connectivity index (χ1n) is 10.7. The Morgan fingerprint density at radius 1 is 1.03 bits per heavy atom. The molecule has 2 aliphatic rings. The quantitative estimate of drug-likeness (QED) is 0.314. The number of halogens is 2. The van der Waals surface area contributed by atoms with Crippen molar-refractivity contribution in [2.24, 2.45) is 4.99 Å². The second-order valence-corrected chi connectivity index (χ2v) is 10.5. The highest BCUT2D eigenvalue weighted by Crippen LogP contribution is 2.41. The molecule has 0 saturated carbocycles. The van der Waals surface area contributed by atoms with Crippen LogP contribution >= 0.6 is 33.9 Å².